The molecule has 20 heavy (non-hydrogen) atoms. The van der Waals surface area contributed by atoms with Crippen molar-refractivity contribution in [3.63, 3.8) is 0 Å². The average Bonchev–Trinajstić information content (AvgIpc) is 2.34. The fourth-order valence-corrected chi connectivity index (χ4v) is 3.02. The zero-order valence-electron chi connectivity index (χ0n) is 10.7. The second-order valence-corrected chi connectivity index (χ2v) is 6.52. The molecule has 0 fully saturated rings. The van der Waals surface area contributed by atoms with Gasteiger partial charge >= 0.3 is 5.97 Å². The summed E-state index contributed by atoms with van der Waals surface area (Å²) < 4.78 is 23.6. The molecule has 0 saturated heterocycles. The third-order valence-electron chi connectivity index (χ3n) is 2.55. The van der Waals surface area contributed by atoms with Gasteiger partial charge in [0.1, 0.15) is 17.6 Å². The van der Waals surface area contributed by atoms with E-state index in [0.29, 0.717) is 5.56 Å². The molecule has 1 rings (SSSR count). The highest BCUT2D eigenvalue weighted by molar-refractivity contribution is 7.92. The number of benzene rings is 1. The Morgan fingerprint density at radius 3 is 2.25 bits per heavy atom. The maximum Gasteiger partial charge on any atom is 0.322 e. The minimum atomic E-state index is -3.63. The van der Waals surface area contributed by atoms with Crippen molar-refractivity contribution in [2.75, 3.05) is 5.75 Å². The van der Waals surface area contributed by atoms with Crippen molar-refractivity contribution in [3.8, 4) is 0 Å². The van der Waals surface area contributed by atoms with Gasteiger partial charge in [-0.05, 0) is 42.8 Å². The van der Waals surface area contributed by atoms with E-state index in [1.165, 1.54) is 31.2 Å². The minimum absolute atomic E-state index is 0.0298. The van der Waals surface area contributed by atoms with Crippen LogP contribution in [0.4, 0.5) is 0 Å². The summed E-state index contributed by atoms with van der Waals surface area (Å²) in [5, 5.41) is 8.84. The first-order chi connectivity index (χ1) is 9.26. The lowest BCUT2D eigenvalue weighted by Crippen LogP contribution is -2.32. The van der Waals surface area contributed by atoms with Crippen LogP contribution in [0.5, 0.6) is 0 Å². The summed E-state index contributed by atoms with van der Waals surface area (Å²) in [6.07, 6.45) is 0.117. The molecular formula is C12H14ClNO5S. The number of rotatable bonds is 7. The number of hydrogen-bond acceptors (Lipinski definition) is 5. The van der Waals surface area contributed by atoms with Crippen LogP contribution in [0.1, 0.15) is 12.5 Å². The highest BCUT2D eigenvalue weighted by Crippen LogP contribution is 2.14. The van der Waals surface area contributed by atoms with Crippen LogP contribution < -0.4 is 4.84 Å². The zero-order chi connectivity index (χ0) is 15.3. The van der Waals surface area contributed by atoms with Crippen LogP contribution in [0.3, 0.4) is 0 Å². The first-order valence-electron chi connectivity index (χ1n) is 5.66. The molecule has 0 radical (unpaired) electrons. The first-order valence-corrected chi connectivity index (χ1v) is 7.69. The lowest BCUT2D eigenvalue weighted by molar-refractivity contribution is -0.138. The highest BCUT2D eigenvalue weighted by Gasteiger charge is 2.19. The number of carbonyl (C=O) groups is 2. The summed E-state index contributed by atoms with van der Waals surface area (Å²) in [5.74, 6) is -2.09. The van der Waals surface area contributed by atoms with Crippen molar-refractivity contribution in [3.05, 3.63) is 29.8 Å². The van der Waals surface area contributed by atoms with Crippen LogP contribution in [-0.4, -0.2) is 37.1 Å². The molecule has 0 aliphatic carbocycles. The monoisotopic (exact) mass is 319 g/mol. The lowest BCUT2D eigenvalue weighted by Gasteiger charge is -2.10. The Morgan fingerprint density at radius 1 is 1.30 bits per heavy atom. The SMILES string of the molecule is CC(=O)CS(=O)(=O)c1ccc(CC(NCl)C(=O)O)cc1. The molecule has 0 amide bonds. The third-order valence-corrected chi connectivity index (χ3v) is 4.59. The molecule has 0 aliphatic rings. The summed E-state index contributed by atoms with van der Waals surface area (Å²) >= 11 is 5.31. The number of ketones is 1. The van der Waals surface area contributed by atoms with E-state index in [0.717, 1.165) is 0 Å². The Morgan fingerprint density at radius 2 is 1.85 bits per heavy atom. The number of carboxylic acids is 1. The van der Waals surface area contributed by atoms with Gasteiger partial charge in [0.25, 0.3) is 0 Å². The van der Waals surface area contributed by atoms with Crippen molar-refractivity contribution >= 4 is 33.4 Å². The number of aliphatic carboxylic acids is 1. The lowest BCUT2D eigenvalue weighted by atomic mass is 10.1. The molecular weight excluding hydrogens is 306 g/mol. The minimum Gasteiger partial charge on any atom is -0.480 e. The molecule has 110 valence electrons. The van der Waals surface area contributed by atoms with Crippen LogP contribution in [0, 0.1) is 0 Å². The summed E-state index contributed by atoms with van der Waals surface area (Å²) in [5.41, 5.74) is 0.618. The Bertz CT molecular complexity index is 597. The molecule has 0 bridgehead atoms. The number of hydrogen-bond donors (Lipinski definition) is 2. The van der Waals surface area contributed by atoms with Gasteiger partial charge in [-0.3, -0.25) is 9.59 Å². The normalized spacial score (nSPS) is 12.9. The highest BCUT2D eigenvalue weighted by atomic mass is 35.5. The van der Waals surface area contributed by atoms with Crippen LogP contribution in [0.15, 0.2) is 29.2 Å². The topological polar surface area (TPSA) is 101 Å². The summed E-state index contributed by atoms with van der Waals surface area (Å²) in [6, 6.07) is 4.73. The van der Waals surface area contributed by atoms with Gasteiger partial charge < -0.3 is 5.11 Å². The van der Waals surface area contributed by atoms with E-state index in [-0.39, 0.29) is 11.3 Å². The van der Waals surface area contributed by atoms with Gasteiger partial charge in [-0.15, -0.1) is 0 Å². The second-order valence-electron chi connectivity index (χ2n) is 4.31. The largest absolute Gasteiger partial charge is 0.480 e. The van der Waals surface area contributed by atoms with Gasteiger partial charge in [0.2, 0.25) is 0 Å². The molecule has 0 heterocycles. The summed E-state index contributed by atoms with van der Waals surface area (Å²) in [7, 11) is -3.63. The van der Waals surface area contributed by atoms with E-state index in [4.69, 9.17) is 16.9 Å². The Balaban J connectivity index is 2.89. The standard InChI is InChI=1S/C12H14ClNO5S/c1-8(15)7-20(18,19)10-4-2-9(3-5-10)6-11(14-13)12(16)17/h2-5,11,14H,6-7H2,1H3,(H,16,17). The predicted molar refractivity (Wildman–Crippen MR) is 73.3 cm³/mol. The number of halogens is 1. The molecule has 8 heteroatoms. The van der Waals surface area contributed by atoms with E-state index in [9.17, 15) is 18.0 Å². The van der Waals surface area contributed by atoms with Crippen LogP contribution in [-0.2, 0) is 25.8 Å². The fraction of sp³-hybridized carbons (Fsp3) is 0.333. The third kappa shape index (κ3) is 4.59. The van der Waals surface area contributed by atoms with Crippen molar-refractivity contribution in [2.45, 2.75) is 24.3 Å². The maximum absolute atomic E-state index is 11.8. The van der Waals surface area contributed by atoms with Crippen molar-refractivity contribution in [1.29, 1.82) is 0 Å². The Kier molecular flexibility index (Phi) is 5.67. The summed E-state index contributed by atoms with van der Waals surface area (Å²) in [6.45, 7) is 1.20. The molecule has 1 unspecified atom stereocenters. The van der Waals surface area contributed by atoms with Crippen molar-refractivity contribution in [2.24, 2.45) is 0 Å². The zero-order valence-corrected chi connectivity index (χ0v) is 12.2. The predicted octanol–water partition coefficient (Wildman–Crippen LogP) is 0.788. The Labute approximate surface area is 121 Å². The van der Waals surface area contributed by atoms with Gasteiger partial charge in [-0.1, -0.05) is 12.1 Å². The van der Waals surface area contributed by atoms with Crippen LogP contribution in [0.25, 0.3) is 0 Å². The van der Waals surface area contributed by atoms with Crippen molar-refractivity contribution < 1.29 is 23.1 Å². The van der Waals surface area contributed by atoms with E-state index in [1.54, 1.807) is 0 Å². The molecule has 1 atom stereocenters. The molecule has 6 nitrogen and oxygen atoms in total. The number of Topliss-reactive ketones (excluding diaryl/α,β-unsaturated/α-hetero) is 1. The van der Waals surface area contributed by atoms with Gasteiger partial charge in [-0.25, -0.2) is 13.3 Å². The van der Waals surface area contributed by atoms with E-state index in [2.05, 4.69) is 4.84 Å². The summed E-state index contributed by atoms with van der Waals surface area (Å²) in [4.78, 5) is 23.9. The fourth-order valence-electron chi connectivity index (χ4n) is 1.59. The number of sulfone groups is 1. The van der Waals surface area contributed by atoms with Gasteiger partial charge in [0.15, 0.2) is 9.84 Å². The van der Waals surface area contributed by atoms with Gasteiger partial charge in [0.05, 0.1) is 4.90 Å². The van der Waals surface area contributed by atoms with Crippen LogP contribution in [0.2, 0.25) is 0 Å². The molecule has 0 spiro atoms. The number of carbonyl (C=O) groups excluding carboxylic acids is 1. The van der Waals surface area contributed by atoms with Crippen LogP contribution >= 0.6 is 11.8 Å². The quantitative estimate of drug-likeness (QED) is 0.721. The molecule has 2 N–H and O–H groups in total. The number of nitrogens with one attached hydrogen (secondary N) is 1. The second kappa shape index (κ2) is 6.83. The molecule has 0 aliphatic heterocycles. The first kappa shape index (κ1) is 16.6. The molecule has 1 aromatic rings. The number of carboxylic acid groups (broad SMARTS) is 1. The average molecular weight is 320 g/mol. The van der Waals surface area contributed by atoms with E-state index in [1.807, 2.05) is 0 Å². The smallest absolute Gasteiger partial charge is 0.322 e. The maximum atomic E-state index is 11.8. The van der Waals surface area contributed by atoms with Gasteiger partial charge in [0, 0.05) is 0 Å². The molecule has 0 aromatic heterocycles. The molecule has 1 aromatic carbocycles. The van der Waals surface area contributed by atoms with E-state index < -0.39 is 33.4 Å². The molecule has 0 saturated carbocycles. The van der Waals surface area contributed by atoms with Crippen molar-refractivity contribution in [1.82, 2.24) is 4.84 Å². The van der Waals surface area contributed by atoms with E-state index >= 15 is 0 Å². The van der Waals surface area contributed by atoms with Gasteiger partial charge in [-0.2, -0.15) is 0 Å². The Hall–Kier alpha value is -1.44.